The van der Waals surface area contributed by atoms with Gasteiger partial charge in [0.1, 0.15) is 5.82 Å². The van der Waals surface area contributed by atoms with Gasteiger partial charge in [0.05, 0.1) is 11.0 Å². The molecule has 1 aromatic carbocycles. The van der Waals surface area contributed by atoms with Gasteiger partial charge in [0.25, 0.3) is 0 Å². The molecule has 2 aromatic rings. The Labute approximate surface area is 149 Å². The van der Waals surface area contributed by atoms with Crippen LogP contribution in [0.15, 0.2) is 18.2 Å². The van der Waals surface area contributed by atoms with Crippen LogP contribution in [-0.2, 0) is 11.2 Å². The number of H-pyrrole nitrogens is 1. The lowest BCUT2D eigenvalue weighted by molar-refractivity contribution is -0.116. The number of nitrogens with zero attached hydrogens (tertiary/aromatic N) is 1. The number of nitrogens with one attached hydrogen (secondary N) is 2. The van der Waals surface area contributed by atoms with Gasteiger partial charge in [0, 0.05) is 24.6 Å². The van der Waals surface area contributed by atoms with E-state index in [0.717, 1.165) is 41.8 Å². The Kier molecular flexibility index (Phi) is 9.88. The van der Waals surface area contributed by atoms with Crippen molar-refractivity contribution in [3.05, 3.63) is 24.0 Å². The number of imidazole rings is 1. The monoisotopic (exact) mass is 360 g/mol. The number of aromatic amines is 1. The zero-order valence-electron chi connectivity index (χ0n) is 13.6. The summed E-state index contributed by atoms with van der Waals surface area (Å²) in [6.07, 6.45) is 4.37. The van der Waals surface area contributed by atoms with E-state index in [2.05, 4.69) is 22.2 Å². The maximum absolute atomic E-state index is 11.8. The first-order chi connectivity index (χ1) is 10.1. The fourth-order valence-corrected chi connectivity index (χ4v) is 2.19. The quantitative estimate of drug-likeness (QED) is 0.701. The number of hydrogen-bond donors (Lipinski definition) is 3. The molecule has 23 heavy (non-hydrogen) atoms. The van der Waals surface area contributed by atoms with E-state index in [9.17, 15) is 4.79 Å². The average Bonchev–Trinajstić information content (AvgIpc) is 2.85. The summed E-state index contributed by atoms with van der Waals surface area (Å²) in [5, 5.41) is 2.90. The van der Waals surface area contributed by atoms with Gasteiger partial charge in [0.15, 0.2) is 0 Å². The van der Waals surface area contributed by atoms with E-state index in [1.54, 1.807) is 0 Å². The number of aryl methyl sites for hydroxylation is 1. The van der Waals surface area contributed by atoms with Gasteiger partial charge in [-0.25, -0.2) is 4.98 Å². The first-order valence-electron chi connectivity index (χ1n) is 7.62. The number of fused-ring (bicyclic) bond motifs is 1. The van der Waals surface area contributed by atoms with Crippen molar-refractivity contribution in [3.8, 4) is 0 Å². The second kappa shape index (κ2) is 10.5. The first-order valence-corrected chi connectivity index (χ1v) is 7.62. The SMILES string of the molecule is CCCCc1nc2ccc(NC(=O)CCC(C)N)cc2[nH]1.Cl.Cl. The lowest BCUT2D eigenvalue weighted by Gasteiger charge is -2.06. The van der Waals surface area contributed by atoms with Crippen LogP contribution in [0.4, 0.5) is 5.69 Å². The number of unbranched alkanes of at least 4 members (excludes halogenated alkanes) is 1. The maximum Gasteiger partial charge on any atom is 0.224 e. The molecule has 0 aliphatic carbocycles. The average molecular weight is 361 g/mol. The van der Waals surface area contributed by atoms with Crippen molar-refractivity contribution < 1.29 is 4.79 Å². The van der Waals surface area contributed by atoms with Gasteiger partial charge in [-0.05, 0) is 38.0 Å². The van der Waals surface area contributed by atoms with E-state index in [1.807, 2.05) is 25.1 Å². The largest absolute Gasteiger partial charge is 0.342 e. The summed E-state index contributed by atoms with van der Waals surface area (Å²) in [7, 11) is 0. The molecule has 1 amide bonds. The van der Waals surface area contributed by atoms with E-state index in [1.165, 1.54) is 0 Å². The number of hydrogen-bond acceptors (Lipinski definition) is 3. The molecular weight excluding hydrogens is 335 g/mol. The number of benzene rings is 1. The molecule has 0 fully saturated rings. The number of carbonyl (C=O) groups is 1. The minimum Gasteiger partial charge on any atom is -0.342 e. The summed E-state index contributed by atoms with van der Waals surface area (Å²) in [5.74, 6) is 1.00. The third kappa shape index (κ3) is 6.77. The van der Waals surface area contributed by atoms with E-state index in [4.69, 9.17) is 5.73 Å². The molecule has 2 rings (SSSR count). The summed E-state index contributed by atoms with van der Waals surface area (Å²) < 4.78 is 0. The van der Waals surface area contributed by atoms with Crippen molar-refractivity contribution in [3.63, 3.8) is 0 Å². The number of halogens is 2. The predicted molar refractivity (Wildman–Crippen MR) is 101 cm³/mol. The number of nitrogens with two attached hydrogens (primary N) is 1. The Morgan fingerprint density at radius 2 is 2.13 bits per heavy atom. The Balaban J connectivity index is 0.00000242. The van der Waals surface area contributed by atoms with Crippen LogP contribution in [0.25, 0.3) is 11.0 Å². The van der Waals surface area contributed by atoms with Crippen molar-refractivity contribution in [2.45, 2.75) is 52.0 Å². The molecular formula is C16H26Cl2N4O. The van der Waals surface area contributed by atoms with Crippen LogP contribution in [0.1, 0.15) is 45.4 Å². The van der Waals surface area contributed by atoms with Crippen LogP contribution in [-0.4, -0.2) is 21.9 Å². The molecule has 0 spiro atoms. The smallest absolute Gasteiger partial charge is 0.224 e. The molecule has 0 saturated carbocycles. The summed E-state index contributed by atoms with van der Waals surface area (Å²) in [4.78, 5) is 19.7. The van der Waals surface area contributed by atoms with Gasteiger partial charge in [-0.1, -0.05) is 13.3 Å². The van der Waals surface area contributed by atoms with E-state index >= 15 is 0 Å². The Morgan fingerprint density at radius 1 is 1.39 bits per heavy atom. The van der Waals surface area contributed by atoms with Crippen molar-refractivity contribution in [1.29, 1.82) is 0 Å². The summed E-state index contributed by atoms with van der Waals surface area (Å²) >= 11 is 0. The molecule has 1 unspecified atom stereocenters. The highest BCUT2D eigenvalue weighted by Crippen LogP contribution is 2.18. The Hall–Kier alpha value is -1.30. The van der Waals surface area contributed by atoms with Crippen molar-refractivity contribution in [2.24, 2.45) is 5.73 Å². The predicted octanol–water partition coefficient (Wildman–Crippen LogP) is 3.82. The molecule has 1 aromatic heterocycles. The maximum atomic E-state index is 11.8. The van der Waals surface area contributed by atoms with Crippen LogP contribution < -0.4 is 11.1 Å². The zero-order chi connectivity index (χ0) is 15.2. The zero-order valence-corrected chi connectivity index (χ0v) is 15.2. The molecule has 0 bridgehead atoms. The van der Waals surface area contributed by atoms with Gasteiger partial charge >= 0.3 is 0 Å². The van der Waals surface area contributed by atoms with Gasteiger partial charge < -0.3 is 16.0 Å². The number of anilines is 1. The van der Waals surface area contributed by atoms with E-state index < -0.39 is 0 Å². The van der Waals surface area contributed by atoms with Crippen LogP contribution in [0, 0.1) is 0 Å². The van der Waals surface area contributed by atoms with Gasteiger partial charge in [-0.15, -0.1) is 24.8 Å². The molecule has 130 valence electrons. The second-order valence-electron chi connectivity index (χ2n) is 5.58. The van der Waals surface area contributed by atoms with Crippen LogP contribution in [0.2, 0.25) is 0 Å². The van der Waals surface area contributed by atoms with Crippen LogP contribution in [0.5, 0.6) is 0 Å². The van der Waals surface area contributed by atoms with E-state index in [-0.39, 0.29) is 36.8 Å². The van der Waals surface area contributed by atoms with Crippen molar-refractivity contribution in [1.82, 2.24) is 9.97 Å². The van der Waals surface area contributed by atoms with Crippen molar-refractivity contribution in [2.75, 3.05) is 5.32 Å². The number of rotatable bonds is 7. The minimum atomic E-state index is -0.00243. The molecule has 0 aliphatic rings. The fraction of sp³-hybridized carbons (Fsp3) is 0.500. The number of carbonyl (C=O) groups excluding carboxylic acids is 1. The highest BCUT2D eigenvalue weighted by atomic mass is 35.5. The Bertz CT molecular complexity index is 613. The molecule has 4 N–H and O–H groups in total. The van der Waals surface area contributed by atoms with Gasteiger partial charge in [0.2, 0.25) is 5.91 Å². The molecule has 7 heteroatoms. The molecule has 5 nitrogen and oxygen atoms in total. The topological polar surface area (TPSA) is 83.8 Å². The lowest BCUT2D eigenvalue weighted by atomic mass is 10.2. The molecule has 1 atom stereocenters. The fourth-order valence-electron chi connectivity index (χ4n) is 2.19. The standard InChI is InChI=1S/C16H24N4O.2ClH/c1-3-4-5-15-19-13-8-7-12(10-14(13)20-15)18-16(21)9-6-11(2)17;;/h7-8,10-11H,3-6,9,17H2,1-2H3,(H,18,21)(H,19,20);2*1H. The third-order valence-electron chi connectivity index (χ3n) is 3.41. The normalized spacial score (nSPS) is 11.4. The Morgan fingerprint density at radius 3 is 2.78 bits per heavy atom. The van der Waals surface area contributed by atoms with Crippen LogP contribution >= 0.6 is 24.8 Å². The minimum absolute atomic E-state index is 0. The number of amides is 1. The number of aromatic nitrogens is 2. The van der Waals surface area contributed by atoms with E-state index in [0.29, 0.717) is 12.8 Å². The lowest BCUT2D eigenvalue weighted by Crippen LogP contribution is -2.19. The third-order valence-corrected chi connectivity index (χ3v) is 3.41. The van der Waals surface area contributed by atoms with Gasteiger partial charge in [-0.3, -0.25) is 4.79 Å². The summed E-state index contributed by atoms with van der Waals surface area (Å²) in [5.41, 5.74) is 8.36. The highest BCUT2D eigenvalue weighted by molar-refractivity contribution is 5.93. The molecule has 0 radical (unpaired) electrons. The molecule has 1 heterocycles. The highest BCUT2D eigenvalue weighted by Gasteiger charge is 2.07. The summed E-state index contributed by atoms with van der Waals surface area (Å²) in [6, 6.07) is 5.80. The second-order valence-corrected chi connectivity index (χ2v) is 5.58. The van der Waals surface area contributed by atoms with Crippen molar-refractivity contribution >= 4 is 47.4 Å². The first kappa shape index (κ1) is 21.7. The van der Waals surface area contributed by atoms with Gasteiger partial charge in [-0.2, -0.15) is 0 Å². The molecule has 0 aliphatic heterocycles. The summed E-state index contributed by atoms with van der Waals surface area (Å²) in [6.45, 7) is 4.07. The van der Waals surface area contributed by atoms with Crippen LogP contribution in [0.3, 0.4) is 0 Å². The molecule has 0 saturated heterocycles.